The zero-order chi connectivity index (χ0) is 14.8. The number of rotatable bonds is 5. The van der Waals surface area contributed by atoms with Gasteiger partial charge in [0.2, 0.25) is 10.0 Å². The van der Waals surface area contributed by atoms with E-state index in [0.29, 0.717) is 29.4 Å². The number of hydrogen-bond donors (Lipinski definition) is 2. The maximum absolute atomic E-state index is 12.6. The van der Waals surface area contributed by atoms with Gasteiger partial charge in [0.25, 0.3) is 0 Å². The van der Waals surface area contributed by atoms with Crippen molar-refractivity contribution in [1.82, 2.24) is 14.5 Å². The third-order valence-corrected chi connectivity index (χ3v) is 6.39. The van der Waals surface area contributed by atoms with E-state index in [2.05, 4.69) is 9.82 Å². The summed E-state index contributed by atoms with van der Waals surface area (Å²) >= 11 is 1.80. The Labute approximate surface area is 124 Å². The number of aryl methyl sites for hydroxylation is 1. The zero-order valence-electron chi connectivity index (χ0n) is 11.9. The molecule has 1 aromatic heterocycles. The third kappa shape index (κ3) is 3.36. The number of aromatic nitrogens is 2. The Bertz CT molecular complexity index is 562. The number of nitrogens with two attached hydrogens (primary N) is 1. The lowest BCUT2D eigenvalue weighted by Crippen LogP contribution is -2.38. The Hall–Kier alpha value is -0.570. The van der Waals surface area contributed by atoms with E-state index in [0.717, 1.165) is 24.3 Å². The molecule has 114 valence electrons. The van der Waals surface area contributed by atoms with Crippen molar-refractivity contribution in [3.63, 3.8) is 0 Å². The molecule has 0 aromatic carbocycles. The summed E-state index contributed by atoms with van der Waals surface area (Å²) in [6.07, 6.45) is 1.96. The molecular formula is C12H22N4O2S2. The summed E-state index contributed by atoms with van der Waals surface area (Å²) in [6, 6.07) is 0.0235. The van der Waals surface area contributed by atoms with Crippen LogP contribution in [0.2, 0.25) is 0 Å². The Balaban J connectivity index is 2.24. The van der Waals surface area contributed by atoms with Crippen molar-refractivity contribution in [2.24, 2.45) is 5.73 Å². The molecule has 1 unspecified atom stereocenters. The van der Waals surface area contributed by atoms with Gasteiger partial charge in [-0.15, -0.1) is 0 Å². The number of nitrogens with zero attached hydrogens (tertiary/aromatic N) is 2. The van der Waals surface area contributed by atoms with E-state index in [-0.39, 0.29) is 6.04 Å². The maximum atomic E-state index is 12.6. The van der Waals surface area contributed by atoms with Crippen LogP contribution < -0.4 is 10.5 Å². The van der Waals surface area contributed by atoms with Gasteiger partial charge in [0, 0.05) is 18.3 Å². The fourth-order valence-electron chi connectivity index (χ4n) is 2.52. The first-order valence-corrected chi connectivity index (χ1v) is 9.43. The highest BCUT2D eigenvalue weighted by atomic mass is 32.2. The number of sulfonamides is 1. The molecule has 6 nitrogen and oxygen atoms in total. The van der Waals surface area contributed by atoms with Gasteiger partial charge in [0.15, 0.2) is 0 Å². The predicted molar refractivity (Wildman–Crippen MR) is 81.4 cm³/mol. The summed E-state index contributed by atoms with van der Waals surface area (Å²) in [7, 11) is -3.51. The van der Waals surface area contributed by atoms with E-state index in [1.54, 1.807) is 30.3 Å². The molecule has 0 spiro atoms. The van der Waals surface area contributed by atoms with Crippen LogP contribution in [0.25, 0.3) is 0 Å². The largest absolute Gasteiger partial charge is 0.329 e. The van der Waals surface area contributed by atoms with Crippen molar-refractivity contribution in [1.29, 1.82) is 0 Å². The van der Waals surface area contributed by atoms with Crippen molar-refractivity contribution in [3.8, 4) is 0 Å². The van der Waals surface area contributed by atoms with E-state index >= 15 is 0 Å². The minimum atomic E-state index is -3.51. The second kappa shape index (κ2) is 6.46. The second-order valence-electron chi connectivity index (χ2n) is 5.05. The minimum absolute atomic E-state index is 0.0235. The molecule has 2 rings (SSSR count). The highest BCUT2D eigenvalue weighted by molar-refractivity contribution is 7.99. The van der Waals surface area contributed by atoms with Gasteiger partial charge in [-0.25, -0.2) is 13.1 Å². The summed E-state index contributed by atoms with van der Waals surface area (Å²) in [5, 5.41) is 4.27. The van der Waals surface area contributed by atoms with Crippen LogP contribution in [0, 0.1) is 13.8 Å². The average molecular weight is 318 g/mol. The van der Waals surface area contributed by atoms with Gasteiger partial charge < -0.3 is 5.73 Å². The SMILES string of the molecule is Cc1nn(CCN)c(C)c1S(=O)(=O)NC1CCCSC1. The molecule has 1 aromatic rings. The molecule has 1 atom stereocenters. The zero-order valence-corrected chi connectivity index (χ0v) is 13.6. The first kappa shape index (κ1) is 15.8. The normalized spacial score (nSPS) is 20.2. The van der Waals surface area contributed by atoms with Crippen LogP contribution in [0.4, 0.5) is 0 Å². The highest BCUT2D eigenvalue weighted by Gasteiger charge is 2.27. The van der Waals surface area contributed by atoms with Crippen LogP contribution in [-0.2, 0) is 16.6 Å². The van der Waals surface area contributed by atoms with Gasteiger partial charge in [-0.2, -0.15) is 16.9 Å². The fourth-order valence-corrected chi connectivity index (χ4v) is 5.38. The van der Waals surface area contributed by atoms with Crippen LogP contribution in [0.1, 0.15) is 24.2 Å². The summed E-state index contributed by atoms with van der Waals surface area (Å²) in [4.78, 5) is 0.307. The quantitative estimate of drug-likeness (QED) is 0.831. The van der Waals surface area contributed by atoms with E-state index in [1.807, 2.05) is 0 Å². The Morgan fingerprint density at radius 1 is 1.50 bits per heavy atom. The molecule has 0 amide bonds. The molecule has 3 N–H and O–H groups in total. The summed E-state index contributed by atoms with van der Waals surface area (Å²) in [6.45, 7) is 4.47. The molecule has 0 radical (unpaired) electrons. The first-order valence-electron chi connectivity index (χ1n) is 6.80. The van der Waals surface area contributed by atoms with Crippen molar-refractivity contribution < 1.29 is 8.42 Å². The smallest absolute Gasteiger partial charge is 0.244 e. The van der Waals surface area contributed by atoms with Gasteiger partial charge in [-0.1, -0.05) is 0 Å². The predicted octanol–water partition coefficient (Wildman–Crippen LogP) is 0.633. The van der Waals surface area contributed by atoms with Gasteiger partial charge >= 0.3 is 0 Å². The summed E-state index contributed by atoms with van der Waals surface area (Å²) < 4.78 is 29.6. The maximum Gasteiger partial charge on any atom is 0.244 e. The number of thioether (sulfide) groups is 1. The Morgan fingerprint density at radius 2 is 2.25 bits per heavy atom. The highest BCUT2D eigenvalue weighted by Crippen LogP contribution is 2.22. The second-order valence-corrected chi connectivity index (χ2v) is 7.85. The van der Waals surface area contributed by atoms with Gasteiger partial charge in [0.05, 0.1) is 17.9 Å². The standard InChI is InChI=1S/C12H22N4O2S2/c1-9-12(10(2)16(14-9)6-5-13)20(17,18)15-11-4-3-7-19-8-11/h11,15H,3-8,13H2,1-2H3. The van der Waals surface area contributed by atoms with E-state index < -0.39 is 10.0 Å². The van der Waals surface area contributed by atoms with Gasteiger partial charge in [0.1, 0.15) is 4.90 Å². The molecule has 1 aliphatic rings. The van der Waals surface area contributed by atoms with Crippen LogP contribution in [0.5, 0.6) is 0 Å². The van der Waals surface area contributed by atoms with Gasteiger partial charge in [-0.05, 0) is 32.4 Å². The molecule has 20 heavy (non-hydrogen) atoms. The number of hydrogen-bond acceptors (Lipinski definition) is 5. The van der Waals surface area contributed by atoms with Crippen LogP contribution in [0.3, 0.4) is 0 Å². The fraction of sp³-hybridized carbons (Fsp3) is 0.750. The van der Waals surface area contributed by atoms with Crippen molar-refractivity contribution in [3.05, 3.63) is 11.4 Å². The minimum Gasteiger partial charge on any atom is -0.329 e. The van der Waals surface area contributed by atoms with Crippen LogP contribution in [0.15, 0.2) is 4.90 Å². The number of nitrogens with one attached hydrogen (secondary N) is 1. The van der Waals surface area contributed by atoms with Crippen LogP contribution in [-0.4, -0.2) is 42.3 Å². The Kier molecular flexibility index (Phi) is 5.11. The lowest BCUT2D eigenvalue weighted by atomic mass is 10.2. The van der Waals surface area contributed by atoms with E-state index in [1.165, 1.54) is 0 Å². The van der Waals surface area contributed by atoms with Crippen molar-refractivity contribution in [2.75, 3.05) is 18.1 Å². The topological polar surface area (TPSA) is 90.0 Å². The summed E-state index contributed by atoms with van der Waals surface area (Å²) in [5.74, 6) is 1.96. The molecular weight excluding hydrogens is 296 g/mol. The van der Waals surface area contributed by atoms with Crippen LogP contribution >= 0.6 is 11.8 Å². The first-order chi connectivity index (χ1) is 9.45. The lowest BCUT2D eigenvalue weighted by molar-refractivity contribution is 0.541. The molecule has 0 aliphatic carbocycles. The van der Waals surface area contributed by atoms with Crippen molar-refractivity contribution in [2.45, 2.75) is 44.2 Å². The van der Waals surface area contributed by atoms with Gasteiger partial charge in [-0.3, -0.25) is 4.68 Å². The molecule has 0 bridgehead atoms. The molecule has 8 heteroatoms. The lowest BCUT2D eigenvalue weighted by Gasteiger charge is -2.22. The molecule has 1 fully saturated rings. The molecule has 1 saturated heterocycles. The third-order valence-electron chi connectivity index (χ3n) is 3.41. The van der Waals surface area contributed by atoms with E-state index in [4.69, 9.17) is 5.73 Å². The summed E-state index contributed by atoms with van der Waals surface area (Å²) in [5.41, 5.74) is 6.71. The molecule has 2 heterocycles. The van der Waals surface area contributed by atoms with Crippen molar-refractivity contribution >= 4 is 21.8 Å². The van der Waals surface area contributed by atoms with E-state index in [9.17, 15) is 8.42 Å². The molecule has 0 saturated carbocycles. The Morgan fingerprint density at radius 3 is 2.85 bits per heavy atom. The molecule has 1 aliphatic heterocycles. The average Bonchev–Trinajstić information content (AvgIpc) is 2.66. The monoisotopic (exact) mass is 318 g/mol.